The molecule has 8 nitrogen and oxygen atoms in total. The van der Waals surface area contributed by atoms with Gasteiger partial charge in [0, 0.05) is 43.6 Å². The van der Waals surface area contributed by atoms with Crippen LogP contribution in [0.5, 0.6) is 0 Å². The lowest BCUT2D eigenvalue weighted by atomic mass is 9.92. The highest BCUT2D eigenvalue weighted by atomic mass is 32.1. The molecule has 194 valence electrons. The van der Waals surface area contributed by atoms with Crippen LogP contribution in [0.2, 0.25) is 0 Å². The summed E-state index contributed by atoms with van der Waals surface area (Å²) in [7, 11) is 0. The van der Waals surface area contributed by atoms with E-state index in [1.165, 1.54) is 11.3 Å². The molecule has 3 N–H and O–H groups in total. The number of nitrogens with one attached hydrogen (secondary N) is 1. The summed E-state index contributed by atoms with van der Waals surface area (Å²) >= 11 is 1.36. The molecule has 0 bridgehead atoms. The fourth-order valence-electron chi connectivity index (χ4n) is 5.44. The first-order chi connectivity index (χ1) is 17.4. The van der Waals surface area contributed by atoms with Gasteiger partial charge in [0.15, 0.2) is 0 Å². The third kappa shape index (κ3) is 5.90. The third-order valence-corrected chi connectivity index (χ3v) is 8.50. The summed E-state index contributed by atoms with van der Waals surface area (Å²) in [6, 6.07) is 11.4. The number of hydrogen-bond acceptors (Lipinski definition) is 5. The molecule has 36 heavy (non-hydrogen) atoms. The molecule has 0 spiro atoms. The number of nitrogens with two attached hydrogens (primary N) is 1. The second-order valence-electron chi connectivity index (χ2n) is 9.58. The second-order valence-corrected chi connectivity index (χ2v) is 10.6. The Morgan fingerprint density at radius 3 is 2.39 bits per heavy atom. The van der Waals surface area contributed by atoms with Crippen molar-refractivity contribution < 1.29 is 14.4 Å². The van der Waals surface area contributed by atoms with Gasteiger partial charge in [-0.15, -0.1) is 11.3 Å². The largest absolute Gasteiger partial charge is 0.351 e. The first-order valence-corrected chi connectivity index (χ1v) is 13.8. The van der Waals surface area contributed by atoms with Crippen LogP contribution in [-0.4, -0.2) is 77.9 Å². The number of nitrogens with zero attached hydrogens (tertiary/aromatic N) is 3. The van der Waals surface area contributed by atoms with Gasteiger partial charge in [0.1, 0.15) is 5.00 Å². The van der Waals surface area contributed by atoms with E-state index in [0.29, 0.717) is 29.7 Å². The predicted molar refractivity (Wildman–Crippen MR) is 144 cm³/mol. The number of amides is 4. The van der Waals surface area contributed by atoms with Crippen molar-refractivity contribution in [1.29, 1.82) is 0 Å². The van der Waals surface area contributed by atoms with E-state index in [9.17, 15) is 14.4 Å². The van der Waals surface area contributed by atoms with Gasteiger partial charge in [-0.25, -0.2) is 4.79 Å². The summed E-state index contributed by atoms with van der Waals surface area (Å²) in [5, 5.41) is 3.13. The van der Waals surface area contributed by atoms with Crippen LogP contribution in [-0.2, 0) is 4.79 Å². The molecule has 2 aliphatic heterocycles. The lowest BCUT2D eigenvalue weighted by Gasteiger charge is -2.42. The Kier molecular flexibility index (Phi) is 8.64. The molecule has 3 heterocycles. The Morgan fingerprint density at radius 2 is 1.75 bits per heavy atom. The number of hydrogen-bond donors (Lipinski definition) is 2. The molecule has 0 aliphatic carbocycles. The number of thiophene rings is 1. The topological polar surface area (TPSA) is 99.0 Å². The predicted octanol–water partition coefficient (Wildman–Crippen LogP) is 4.09. The molecule has 1 unspecified atom stereocenters. The SMILES string of the molecule is CCN(CC)C(=O)C1CCCN(C2CCN(C(=O)c3cc(-c4ccccc4)sc3NC(N)=O)CC2)C1. The third-order valence-electron chi connectivity index (χ3n) is 7.40. The van der Waals surface area contributed by atoms with E-state index in [0.717, 1.165) is 62.3 Å². The quantitative estimate of drug-likeness (QED) is 0.585. The molecular weight excluding hydrogens is 474 g/mol. The van der Waals surface area contributed by atoms with Crippen LogP contribution < -0.4 is 11.1 Å². The molecule has 1 aromatic carbocycles. The number of urea groups is 1. The molecule has 2 aliphatic rings. The first-order valence-electron chi connectivity index (χ1n) is 13.0. The monoisotopic (exact) mass is 511 g/mol. The highest BCUT2D eigenvalue weighted by molar-refractivity contribution is 7.20. The van der Waals surface area contributed by atoms with Crippen LogP contribution in [0, 0.1) is 5.92 Å². The van der Waals surface area contributed by atoms with Crippen LogP contribution in [0.15, 0.2) is 36.4 Å². The van der Waals surface area contributed by atoms with E-state index in [1.54, 1.807) is 0 Å². The minimum Gasteiger partial charge on any atom is -0.351 e. The molecule has 0 saturated carbocycles. The Labute approximate surface area is 217 Å². The van der Waals surface area contributed by atoms with E-state index in [1.807, 2.05) is 60.0 Å². The molecule has 2 fully saturated rings. The summed E-state index contributed by atoms with van der Waals surface area (Å²) < 4.78 is 0. The maximum absolute atomic E-state index is 13.5. The molecule has 1 aromatic heterocycles. The van der Waals surface area contributed by atoms with Gasteiger partial charge < -0.3 is 15.5 Å². The number of benzene rings is 1. The zero-order valence-corrected chi connectivity index (χ0v) is 22.1. The van der Waals surface area contributed by atoms with Gasteiger partial charge in [-0.05, 0) is 57.7 Å². The van der Waals surface area contributed by atoms with Crippen molar-refractivity contribution >= 4 is 34.2 Å². The van der Waals surface area contributed by atoms with E-state index < -0.39 is 6.03 Å². The fraction of sp³-hybridized carbons (Fsp3) is 0.519. The van der Waals surface area contributed by atoms with Crippen LogP contribution in [0.25, 0.3) is 10.4 Å². The van der Waals surface area contributed by atoms with Crippen molar-refractivity contribution in [2.45, 2.75) is 45.6 Å². The number of carbonyl (C=O) groups excluding carboxylic acids is 3. The maximum Gasteiger partial charge on any atom is 0.317 e. The van der Waals surface area contributed by atoms with E-state index in [-0.39, 0.29) is 17.7 Å². The van der Waals surface area contributed by atoms with Crippen molar-refractivity contribution in [2.75, 3.05) is 44.6 Å². The van der Waals surface area contributed by atoms with Crippen molar-refractivity contribution in [3.05, 3.63) is 42.0 Å². The molecule has 1 atom stereocenters. The average Bonchev–Trinajstić information content (AvgIpc) is 3.32. The number of likely N-dealkylation sites (tertiary alicyclic amines) is 2. The number of rotatable bonds is 7. The molecule has 2 saturated heterocycles. The molecule has 9 heteroatoms. The number of anilines is 1. The van der Waals surface area contributed by atoms with Gasteiger partial charge in [-0.1, -0.05) is 30.3 Å². The number of piperidine rings is 2. The fourth-order valence-corrected chi connectivity index (χ4v) is 6.50. The minimum absolute atomic E-state index is 0.0722. The Bertz CT molecular complexity index is 1060. The lowest BCUT2D eigenvalue weighted by Crippen LogP contribution is -2.52. The summed E-state index contributed by atoms with van der Waals surface area (Å²) in [6.07, 6.45) is 3.76. The van der Waals surface area contributed by atoms with Crippen LogP contribution >= 0.6 is 11.3 Å². The standard InChI is InChI=1S/C27H37N5O3S/c1-3-30(4-2)25(33)20-11-8-14-32(18-20)21-12-15-31(16-13-21)26(34)22-17-23(19-9-6-5-7-10-19)36-24(22)29-27(28)35/h5-7,9-10,17,20-21H,3-4,8,11-16,18H2,1-2H3,(H3,28,29,35). The molecule has 4 rings (SSSR count). The van der Waals surface area contributed by atoms with Crippen molar-refractivity contribution in [3.8, 4) is 10.4 Å². The second kappa shape index (κ2) is 11.9. The molecule has 2 aromatic rings. The highest BCUT2D eigenvalue weighted by Crippen LogP contribution is 2.36. The first kappa shape index (κ1) is 26.2. The zero-order valence-electron chi connectivity index (χ0n) is 21.2. The van der Waals surface area contributed by atoms with E-state index >= 15 is 0 Å². The van der Waals surface area contributed by atoms with Crippen molar-refractivity contribution in [3.63, 3.8) is 0 Å². The van der Waals surface area contributed by atoms with Gasteiger partial charge in [0.05, 0.1) is 11.5 Å². The molecule has 0 radical (unpaired) electrons. The lowest BCUT2D eigenvalue weighted by molar-refractivity contribution is -0.137. The van der Waals surface area contributed by atoms with Crippen LogP contribution in [0.4, 0.5) is 9.80 Å². The Hall–Kier alpha value is -2.91. The maximum atomic E-state index is 13.5. The van der Waals surface area contributed by atoms with Crippen LogP contribution in [0.3, 0.4) is 0 Å². The highest BCUT2D eigenvalue weighted by Gasteiger charge is 2.34. The van der Waals surface area contributed by atoms with Crippen LogP contribution in [0.1, 0.15) is 49.9 Å². The smallest absolute Gasteiger partial charge is 0.317 e. The van der Waals surface area contributed by atoms with Gasteiger partial charge >= 0.3 is 6.03 Å². The summed E-state index contributed by atoms with van der Waals surface area (Å²) in [6.45, 7) is 8.72. The van der Waals surface area contributed by atoms with Gasteiger partial charge in [0.25, 0.3) is 5.91 Å². The van der Waals surface area contributed by atoms with Crippen molar-refractivity contribution in [2.24, 2.45) is 11.7 Å². The Morgan fingerprint density at radius 1 is 1.06 bits per heavy atom. The van der Waals surface area contributed by atoms with Gasteiger partial charge in [-0.2, -0.15) is 0 Å². The van der Waals surface area contributed by atoms with Gasteiger partial charge in [0.2, 0.25) is 5.91 Å². The summed E-state index contributed by atoms with van der Waals surface area (Å²) in [5.41, 5.74) is 6.87. The zero-order chi connectivity index (χ0) is 25.7. The molecule has 4 amide bonds. The minimum atomic E-state index is -0.678. The molecular formula is C27H37N5O3S. The number of carbonyl (C=O) groups is 3. The number of primary amides is 1. The summed E-state index contributed by atoms with van der Waals surface area (Å²) in [4.78, 5) is 45.2. The van der Waals surface area contributed by atoms with Gasteiger partial charge in [-0.3, -0.25) is 19.8 Å². The normalized spacial score (nSPS) is 19.2. The van der Waals surface area contributed by atoms with E-state index in [4.69, 9.17) is 5.73 Å². The Balaban J connectivity index is 1.41. The average molecular weight is 512 g/mol. The summed E-state index contributed by atoms with van der Waals surface area (Å²) in [5.74, 6) is 0.269. The van der Waals surface area contributed by atoms with E-state index in [2.05, 4.69) is 10.2 Å². The van der Waals surface area contributed by atoms with Crippen molar-refractivity contribution in [1.82, 2.24) is 14.7 Å².